The fraction of sp³-hybridized carbons (Fsp3) is 0.105. The van der Waals surface area contributed by atoms with Gasteiger partial charge in [-0.1, -0.05) is 47.1 Å². The highest BCUT2D eigenvalue weighted by Gasteiger charge is 2.20. The summed E-state index contributed by atoms with van der Waals surface area (Å²) < 4.78 is 15.9. The van der Waals surface area contributed by atoms with Crippen molar-refractivity contribution in [2.24, 2.45) is 0 Å². The number of fused-ring (bicyclic) bond motifs is 1. The van der Waals surface area contributed by atoms with Crippen LogP contribution >= 0.6 is 11.6 Å². The average molecular weight is 369 g/mol. The van der Waals surface area contributed by atoms with Crippen molar-refractivity contribution in [3.05, 3.63) is 70.6 Å². The third-order valence-corrected chi connectivity index (χ3v) is 4.01. The molecular formula is C19H13ClN2O4. The second kappa shape index (κ2) is 7.01. The van der Waals surface area contributed by atoms with Crippen molar-refractivity contribution in [1.82, 2.24) is 10.1 Å². The SMILES string of the molecule is O=C(OCc1nc(-c2ccccc2)no1)C1=Cc2cc(Cl)ccc2OC1. The molecule has 1 aliphatic heterocycles. The molecule has 0 fully saturated rings. The summed E-state index contributed by atoms with van der Waals surface area (Å²) in [6.45, 7) is 0.0188. The van der Waals surface area contributed by atoms with Crippen molar-refractivity contribution in [3.63, 3.8) is 0 Å². The quantitative estimate of drug-likeness (QED) is 0.650. The van der Waals surface area contributed by atoms with Crippen LogP contribution in [0.3, 0.4) is 0 Å². The van der Waals surface area contributed by atoms with Crippen molar-refractivity contribution < 1.29 is 18.8 Å². The molecule has 6 nitrogen and oxygen atoms in total. The molecule has 0 aliphatic carbocycles. The second-order valence-corrected chi connectivity index (χ2v) is 6.03. The molecule has 26 heavy (non-hydrogen) atoms. The molecule has 0 radical (unpaired) electrons. The van der Waals surface area contributed by atoms with Gasteiger partial charge in [0, 0.05) is 16.1 Å². The monoisotopic (exact) mass is 368 g/mol. The van der Waals surface area contributed by atoms with E-state index in [-0.39, 0.29) is 19.1 Å². The summed E-state index contributed by atoms with van der Waals surface area (Å²) in [6, 6.07) is 14.6. The van der Waals surface area contributed by atoms with Crippen molar-refractivity contribution in [3.8, 4) is 17.1 Å². The first-order valence-corrected chi connectivity index (χ1v) is 8.25. The predicted molar refractivity (Wildman–Crippen MR) is 94.5 cm³/mol. The number of aromatic nitrogens is 2. The number of hydrogen-bond donors (Lipinski definition) is 0. The van der Waals surface area contributed by atoms with Crippen LogP contribution in [0.25, 0.3) is 17.5 Å². The van der Waals surface area contributed by atoms with Gasteiger partial charge in [-0.25, -0.2) is 4.79 Å². The van der Waals surface area contributed by atoms with Gasteiger partial charge in [0.2, 0.25) is 5.82 Å². The average Bonchev–Trinajstić information content (AvgIpc) is 3.15. The summed E-state index contributed by atoms with van der Waals surface area (Å²) in [5.74, 6) is 0.837. The fourth-order valence-electron chi connectivity index (χ4n) is 2.50. The molecule has 7 heteroatoms. The van der Waals surface area contributed by atoms with Crippen LogP contribution in [0, 0.1) is 0 Å². The topological polar surface area (TPSA) is 74.5 Å². The molecule has 4 rings (SSSR count). The van der Waals surface area contributed by atoms with E-state index < -0.39 is 5.97 Å². The standard InChI is InChI=1S/C19H13ClN2O4/c20-15-6-7-16-13(9-15)8-14(10-24-16)19(23)25-11-17-21-18(22-26-17)12-4-2-1-3-5-12/h1-9H,10-11H2. The molecule has 0 saturated heterocycles. The molecule has 1 aliphatic rings. The lowest BCUT2D eigenvalue weighted by molar-refractivity contribution is -0.141. The highest BCUT2D eigenvalue weighted by molar-refractivity contribution is 6.30. The third kappa shape index (κ3) is 3.45. The number of halogens is 1. The summed E-state index contributed by atoms with van der Waals surface area (Å²) in [7, 11) is 0. The zero-order valence-electron chi connectivity index (χ0n) is 13.5. The van der Waals surface area contributed by atoms with Crippen LogP contribution in [0.2, 0.25) is 5.02 Å². The smallest absolute Gasteiger partial charge is 0.338 e. The number of rotatable bonds is 4. The van der Waals surface area contributed by atoms with Gasteiger partial charge in [-0.15, -0.1) is 0 Å². The van der Waals surface area contributed by atoms with Crippen LogP contribution < -0.4 is 4.74 Å². The Bertz CT molecular complexity index is 982. The van der Waals surface area contributed by atoms with Gasteiger partial charge in [-0.2, -0.15) is 4.98 Å². The Hall–Kier alpha value is -3.12. The number of hydrogen-bond acceptors (Lipinski definition) is 6. The van der Waals surface area contributed by atoms with Crippen LogP contribution in [0.15, 0.2) is 58.6 Å². The maximum atomic E-state index is 12.2. The lowest BCUT2D eigenvalue weighted by Crippen LogP contribution is -2.17. The Morgan fingerprint density at radius 3 is 2.88 bits per heavy atom. The van der Waals surface area contributed by atoms with Gasteiger partial charge in [-0.3, -0.25) is 0 Å². The first-order valence-electron chi connectivity index (χ1n) is 7.87. The maximum absolute atomic E-state index is 12.2. The Morgan fingerprint density at radius 2 is 2.04 bits per heavy atom. The van der Waals surface area contributed by atoms with Gasteiger partial charge in [-0.05, 0) is 24.3 Å². The van der Waals surface area contributed by atoms with E-state index in [1.165, 1.54) is 0 Å². The molecule has 0 amide bonds. The predicted octanol–water partition coefficient (Wildman–Crippen LogP) is 3.91. The largest absolute Gasteiger partial charge is 0.488 e. The Balaban J connectivity index is 1.43. The molecule has 0 saturated carbocycles. The van der Waals surface area contributed by atoms with E-state index in [4.69, 9.17) is 25.6 Å². The number of nitrogens with zero attached hydrogens (tertiary/aromatic N) is 2. The molecule has 3 aromatic rings. The number of carbonyl (C=O) groups excluding carboxylic acids is 1. The van der Waals surface area contributed by atoms with Gasteiger partial charge in [0.1, 0.15) is 12.4 Å². The summed E-state index contributed by atoms with van der Waals surface area (Å²) in [6.07, 6.45) is 1.70. The molecule has 0 N–H and O–H groups in total. The zero-order valence-corrected chi connectivity index (χ0v) is 14.3. The Labute approximate surface area is 154 Å². The van der Waals surface area contributed by atoms with Crippen LogP contribution in [0.4, 0.5) is 0 Å². The third-order valence-electron chi connectivity index (χ3n) is 3.77. The summed E-state index contributed by atoms with van der Waals surface area (Å²) in [4.78, 5) is 16.5. The molecule has 0 unspecified atom stereocenters. The van der Waals surface area contributed by atoms with Crippen LogP contribution in [-0.2, 0) is 16.1 Å². The van der Waals surface area contributed by atoms with E-state index in [0.717, 1.165) is 11.1 Å². The first-order chi connectivity index (χ1) is 12.7. The van der Waals surface area contributed by atoms with Crippen molar-refractivity contribution in [2.75, 3.05) is 6.61 Å². The van der Waals surface area contributed by atoms with E-state index in [2.05, 4.69) is 10.1 Å². The van der Waals surface area contributed by atoms with Gasteiger partial charge < -0.3 is 14.0 Å². The van der Waals surface area contributed by atoms with E-state index >= 15 is 0 Å². The molecular weight excluding hydrogens is 356 g/mol. The molecule has 1 aromatic heterocycles. The lowest BCUT2D eigenvalue weighted by atomic mass is 10.1. The highest BCUT2D eigenvalue weighted by atomic mass is 35.5. The Morgan fingerprint density at radius 1 is 1.19 bits per heavy atom. The van der Waals surface area contributed by atoms with Gasteiger partial charge in [0.25, 0.3) is 5.89 Å². The van der Waals surface area contributed by atoms with Crippen molar-refractivity contribution in [1.29, 1.82) is 0 Å². The van der Waals surface area contributed by atoms with Crippen molar-refractivity contribution in [2.45, 2.75) is 6.61 Å². The fourth-order valence-corrected chi connectivity index (χ4v) is 2.68. The first kappa shape index (κ1) is 16.4. The summed E-state index contributed by atoms with van der Waals surface area (Å²) in [5, 5.41) is 4.45. The van der Waals surface area contributed by atoms with E-state index in [9.17, 15) is 4.79 Å². The van der Waals surface area contributed by atoms with E-state index in [1.807, 2.05) is 30.3 Å². The molecule has 0 atom stereocenters. The molecule has 130 valence electrons. The van der Waals surface area contributed by atoms with Crippen molar-refractivity contribution >= 4 is 23.6 Å². The molecule has 2 aromatic carbocycles. The van der Waals surface area contributed by atoms with Crippen LogP contribution in [-0.4, -0.2) is 22.7 Å². The molecule has 0 spiro atoms. The molecule has 0 bridgehead atoms. The normalized spacial score (nSPS) is 12.7. The summed E-state index contributed by atoms with van der Waals surface area (Å²) >= 11 is 5.97. The zero-order chi connectivity index (χ0) is 17.9. The number of esters is 1. The minimum absolute atomic E-state index is 0.113. The van der Waals surface area contributed by atoms with E-state index in [1.54, 1.807) is 24.3 Å². The highest BCUT2D eigenvalue weighted by Crippen LogP contribution is 2.29. The molecule has 2 heterocycles. The van der Waals surface area contributed by atoms with Gasteiger partial charge in [0.15, 0.2) is 6.61 Å². The van der Waals surface area contributed by atoms with Gasteiger partial charge >= 0.3 is 5.97 Å². The number of ether oxygens (including phenoxy) is 2. The number of benzene rings is 2. The minimum atomic E-state index is -0.505. The van der Waals surface area contributed by atoms with Crippen LogP contribution in [0.1, 0.15) is 11.5 Å². The summed E-state index contributed by atoms with van der Waals surface area (Å²) in [5.41, 5.74) is 1.95. The van der Waals surface area contributed by atoms with Crippen LogP contribution in [0.5, 0.6) is 5.75 Å². The minimum Gasteiger partial charge on any atom is -0.488 e. The number of carbonyl (C=O) groups is 1. The maximum Gasteiger partial charge on any atom is 0.338 e. The lowest BCUT2D eigenvalue weighted by Gasteiger charge is -2.17. The van der Waals surface area contributed by atoms with Gasteiger partial charge in [0.05, 0.1) is 5.57 Å². The van der Waals surface area contributed by atoms with E-state index in [0.29, 0.717) is 22.2 Å². The Kier molecular flexibility index (Phi) is 4.41. The second-order valence-electron chi connectivity index (χ2n) is 5.59.